The van der Waals surface area contributed by atoms with Crippen LogP contribution in [0, 0.1) is 10.1 Å². The van der Waals surface area contributed by atoms with E-state index in [4.69, 9.17) is 11.6 Å². The van der Waals surface area contributed by atoms with Crippen molar-refractivity contribution in [3.05, 3.63) is 38.9 Å². The van der Waals surface area contributed by atoms with Crippen LogP contribution in [0.15, 0.2) is 18.2 Å². The molecule has 7 heteroatoms. The number of nitro benzene ring substituents is 1. The van der Waals surface area contributed by atoms with Gasteiger partial charge in [-0.1, -0.05) is 18.5 Å². The van der Waals surface area contributed by atoms with Gasteiger partial charge in [-0.05, 0) is 18.6 Å². The number of rotatable bonds is 3. The van der Waals surface area contributed by atoms with Gasteiger partial charge in [0.15, 0.2) is 0 Å². The highest BCUT2D eigenvalue weighted by atomic mass is 35.5. The number of nitrogens with zero attached hydrogens (tertiary/aromatic N) is 2. The van der Waals surface area contributed by atoms with Crippen molar-refractivity contribution in [2.75, 3.05) is 13.1 Å². The maximum Gasteiger partial charge on any atom is 0.283 e. The average molecular weight is 285 g/mol. The fraction of sp³-hybridized carbons (Fsp3) is 0.417. The predicted molar refractivity (Wildman–Crippen MR) is 69.3 cm³/mol. The highest BCUT2D eigenvalue weighted by molar-refractivity contribution is 6.31. The summed E-state index contributed by atoms with van der Waals surface area (Å²) < 4.78 is 0. The third kappa shape index (κ3) is 2.54. The first-order valence-electron chi connectivity index (χ1n) is 5.82. The number of β-amino-alcohol motifs (C(OH)–C–C–N with tert-alkyl or cyclic N) is 1. The molecule has 0 aliphatic carbocycles. The molecule has 1 amide bonds. The average Bonchev–Trinajstić information content (AvgIpc) is 2.34. The predicted octanol–water partition coefficient (Wildman–Crippen LogP) is 1.85. The van der Waals surface area contributed by atoms with Crippen molar-refractivity contribution < 1.29 is 14.8 Å². The van der Waals surface area contributed by atoms with Crippen LogP contribution >= 0.6 is 11.6 Å². The molecule has 0 bridgehead atoms. The Balaban J connectivity index is 2.24. The van der Waals surface area contributed by atoms with Gasteiger partial charge in [0.2, 0.25) is 0 Å². The van der Waals surface area contributed by atoms with Crippen LogP contribution in [0.3, 0.4) is 0 Å². The first kappa shape index (κ1) is 13.8. The van der Waals surface area contributed by atoms with E-state index >= 15 is 0 Å². The summed E-state index contributed by atoms with van der Waals surface area (Å²) in [5, 5.41) is 21.0. The lowest BCUT2D eigenvalue weighted by Crippen LogP contribution is -2.63. The van der Waals surface area contributed by atoms with Crippen molar-refractivity contribution in [2.24, 2.45) is 0 Å². The molecular formula is C12H13ClN2O4. The molecule has 19 heavy (non-hydrogen) atoms. The number of hydrogen-bond acceptors (Lipinski definition) is 4. The van der Waals surface area contributed by atoms with Gasteiger partial charge in [0.25, 0.3) is 11.6 Å². The molecule has 102 valence electrons. The number of hydrogen-bond donors (Lipinski definition) is 1. The standard InChI is InChI=1S/C12H13ClN2O4/c1-2-12(17)6-14(7-12)11(16)9-4-3-8(13)5-10(9)15(18)19/h3-5,17H,2,6-7H2,1H3. The van der Waals surface area contributed by atoms with Crippen LogP contribution in [0.25, 0.3) is 0 Å². The van der Waals surface area contributed by atoms with Gasteiger partial charge in [-0.15, -0.1) is 0 Å². The summed E-state index contributed by atoms with van der Waals surface area (Å²) >= 11 is 5.69. The van der Waals surface area contributed by atoms with Crippen LogP contribution < -0.4 is 0 Å². The first-order chi connectivity index (χ1) is 8.86. The number of aliphatic hydroxyl groups is 1. The summed E-state index contributed by atoms with van der Waals surface area (Å²) in [4.78, 5) is 23.8. The molecule has 0 radical (unpaired) electrons. The number of carbonyl (C=O) groups is 1. The molecule has 2 rings (SSSR count). The Bertz CT molecular complexity index is 541. The van der Waals surface area contributed by atoms with Gasteiger partial charge in [0, 0.05) is 11.1 Å². The molecule has 0 aromatic heterocycles. The molecule has 0 spiro atoms. The van der Waals surface area contributed by atoms with E-state index in [1.54, 1.807) is 0 Å². The molecule has 1 aromatic rings. The fourth-order valence-corrected chi connectivity index (χ4v) is 2.20. The lowest BCUT2D eigenvalue weighted by molar-refractivity contribution is -0.385. The van der Waals surface area contributed by atoms with Crippen LogP contribution in [0.5, 0.6) is 0 Å². The van der Waals surface area contributed by atoms with Crippen molar-refractivity contribution in [1.82, 2.24) is 4.90 Å². The third-order valence-electron chi connectivity index (χ3n) is 3.30. The van der Waals surface area contributed by atoms with Crippen LogP contribution in [-0.4, -0.2) is 39.5 Å². The maximum absolute atomic E-state index is 12.1. The van der Waals surface area contributed by atoms with Gasteiger partial charge in [-0.25, -0.2) is 0 Å². The van der Waals surface area contributed by atoms with E-state index in [-0.39, 0.29) is 29.4 Å². The van der Waals surface area contributed by atoms with Crippen LogP contribution in [0.1, 0.15) is 23.7 Å². The van der Waals surface area contributed by atoms with E-state index in [0.717, 1.165) is 6.07 Å². The number of nitro groups is 1. The number of halogens is 1. The molecule has 1 N–H and O–H groups in total. The molecule has 1 aliphatic rings. The van der Waals surface area contributed by atoms with Crippen molar-refractivity contribution in [2.45, 2.75) is 18.9 Å². The largest absolute Gasteiger partial charge is 0.386 e. The summed E-state index contributed by atoms with van der Waals surface area (Å²) in [5.74, 6) is -0.457. The Hall–Kier alpha value is -1.66. The Morgan fingerprint density at radius 2 is 2.21 bits per heavy atom. The minimum atomic E-state index is -0.864. The Kier molecular flexibility index (Phi) is 3.47. The second kappa shape index (κ2) is 4.79. The number of benzene rings is 1. The molecule has 0 atom stereocenters. The fourth-order valence-electron chi connectivity index (χ4n) is 2.04. The molecule has 1 aromatic carbocycles. The minimum Gasteiger partial charge on any atom is -0.386 e. The molecular weight excluding hydrogens is 272 g/mol. The maximum atomic E-state index is 12.1. The van der Waals surface area contributed by atoms with E-state index in [9.17, 15) is 20.0 Å². The van der Waals surface area contributed by atoms with Gasteiger partial charge in [0.05, 0.1) is 23.6 Å². The van der Waals surface area contributed by atoms with Gasteiger partial charge >= 0.3 is 0 Å². The molecule has 0 unspecified atom stereocenters. The lowest BCUT2D eigenvalue weighted by atomic mass is 9.90. The van der Waals surface area contributed by atoms with E-state index in [0.29, 0.717) is 6.42 Å². The molecule has 6 nitrogen and oxygen atoms in total. The normalized spacial score (nSPS) is 16.9. The van der Waals surface area contributed by atoms with Gasteiger partial charge in [-0.2, -0.15) is 0 Å². The van der Waals surface area contributed by atoms with Crippen LogP contribution in [-0.2, 0) is 0 Å². The van der Waals surface area contributed by atoms with Crippen molar-refractivity contribution in [3.63, 3.8) is 0 Å². The molecule has 0 saturated carbocycles. The van der Waals surface area contributed by atoms with Crippen LogP contribution in [0.4, 0.5) is 5.69 Å². The monoisotopic (exact) mass is 284 g/mol. The summed E-state index contributed by atoms with van der Waals surface area (Å²) in [7, 11) is 0. The van der Waals surface area contributed by atoms with E-state index in [1.165, 1.54) is 17.0 Å². The smallest absolute Gasteiger partial charge is 0.283 e. The van der Waals surface area contributed by atoms with Gasteiger partial charge in [0.1, 0.15) is 5.56 Å². The van der Waals surface area contributed by atoms with Crippen molar-refractivity contribution in [1.29, 1.82) is 0 Å². The summed E-state index contributed by atoms with van der Waals surface area (Å²) in [6, 6.07) is 3.93. The molecule has 1 fully saturated rings. The molecule has 1 heterocycles. The number of likely N-dealkylation sites (tertiary alicyclic amines) is 1. The van der Waals surface area contributed by atoms with Crippen LogP contribution in [0.2, 0.25) is 5.02 Å². The molecule has 1 saturated heterocycles. The zero-order valence-corrected chi connectivity index (χ0v) is 11.1. The van der Waals surface area contributed by atoms with Crippen molar-refractivity contribution >= 4 is 23.2 Å². The minimum absolute atomic E-state index is 0.00690. The highest BCUT2D eigenvalue weighted by Gasteiger charge is 2.43. The van der Waals surface area contributed by atoms with E-state index < -0.39 is 16.4 Å². The summed E-state index contributed by atoms with van der Waals surface area (Å²) in [6.07, 6.45) is 0.541. The lowest BCUT2D eigenvalue weighted by Gasteiger charge is -2.46. The van der Waals surface area contributed by atoms with Crippen molar-refractivity contribution in [3.8, 4) is 0 Å². The first-order valence-corrected chi connectivity index (χ1v) is 6.20. The molecule has 1 aliphatic heterocycles. The van der Waals surface area contributed by atoms with E-state index in [1.807, 2.05) is 6.92 Å². The summed E-state index contributed by atoms with van der Waals surface area (Å²) in [5.41, 5.74) is -1.19. The summed E-state index contributed by atoms with van der Waals surface area (Å²) in [6.45, 7) is 2.22. The quantitative estimate of drug-likeness (QED) is 0.678. The number of carbonyl (C=O) groups excluding carboxylic acids is 1. The second-order valence-electron chi connectivity index (χ2n) is 4.66. The zero-order chi connectivity index (χ0) is 14.2. The Morgan fingerprint density at radius 1 is 1.58 bits per heavy atom. The topological polar surface area (TPSA) is 83.7 Å². The highest BCUT2D eigenvalue weighted by Crippen LogP contribution is 2.29. The van der Waals surface area contributed by atoms with E-state index in [2.05, 4.69) is 0 Å². The number of amides is 1. The Labute approximate surface area is 114 Å². The third-order valence-corrected chi connectivity index (χ3v) is 3.54. The van der Waals surface area contributed by atoms with Gasteiger partial charge < -0.3 is 10.0 Å². The SMILES string of the molecule is CCC1(O)CN(C(=O)c2ccc(Cl)cc2[N+](=O)[O-])C1. The van der Waals surface area contributed by atoms with Gasteiger partial charge in [-0.3, -0.25) is 14.9 Å². The second-order valence-corrected chi connectivity index (χ2v) is 5.09. The zero-order valence-electron chi connectivity index (χ0n) is 10.3. The Morgan fingerprint density at radius 3 is 2.74 bits per heavy atom.